The van der Waals surface area contributed by atoms with Crippen LogP contribution in [0.2, 0.25) is 0 Å². The van der Waals surface area contributed by atoms with E-state index < -0.39 is 0 Å². The number of aliphatic hydroxyl groups excluding tert-OH is 1. The Balaban J connectivity index is 2.26. The van der Waals surface area contributed by atoms with Gasteiger partial charge in [0.1, 0.15) is 0 Å². The van der Waals surface area contributed by atoms with Crippen molar-refractivity contribution in [1.82, 2.24) is 10.2 Å². The zero-order chi connectivity index (χ0) is 15.2. The summed E-state index contributed by atoms with van der Waals surface area (Å²) in [6.07, 6.45) is 0.789. The summed E-state index contributed by atoms with van der Waals surface area (Å²) in [6.45, 7) is -0.0220. The summed E-state index contributed by atoms with van der Waals surface area (Å²) in [7, 11) is 4.68. The predicted molar refractivity (Wildman–Crippen MR) is 74.0 cm³/mol. The van der Waals surface area contributed by atoms with Gasteiger partial charge in [-0.1, -0.05) is 0 Å². The van der Waals surface area contributed by atoms with Crippen LogP contribution in [-0.2, 0) is 12.8 Å². The second kappa shape index (κ2) is 6.94. The lowest BCUT2D eigenvalue weighted by molar-refractivity contribution is 0.283. The molecule has 0 fully saturated rings. The lowest BCUT2D eigenvalue weighted by Crippen LogP contribution is -1.98. The minimum absolute atomic E-state index is 0.0220. The molecule has 0 spiro atoms. The van der Waals surface area contributed by atoms with Crippen LogP contribution in [0.4, 0.5) is 0 Å². The van der Waals surface area contributed by atoms with Crippen LogP contribution in [0.3, 0.4) is 0 Å². The molecule has 0 aliphatic rings. The van der Waals surface area contributed by atoms with Gasteiger partial charge in [-0.3, -0.25) is 0 Å². The van der Waals surface area contributed by atoms with E-state index in [4.69, 9.17) is 23.7 Å². The first kappa shape index (κ1) is 15.1. The van der Waals surface area contributed by atoms with Crippen LogP contribution in [0.15, 0.2) is 16.5 Å². The predicted octanol–water partition coefficient (Wildman–Crippen LogP) is 1.22. The highest BCUT2D eigenvalue weighted by molar-refractivity contribution is 5.54. The first-order chi connectivity index (χ1) is 10.2. The molecule has 0 saturated heterocycles. The van der Waals surface area contributed by atoms with Crippen LogP contribution in [0, 0.1) is 0 Å². The summed E-state index contributed by atoms with van der Waals surface area (Å²) < 4.78 is 21.3. The second-order valence-corrected chi connectivity index (χ2v) is 4.27. The van der Waals surface area contributed by atoms with Crippen LogP contribution in [0.25, 0.3) is 0 Å². The fraction of sp³-hybridized carbons (Fsp3) is 0.429. The van der Waals surface area contributed by atoms with Crippen molar-refractivity contribution in [2.24, 2.45) is 0 Å². The topological polar surface area (TPSA) is 86.8 Å². The van der Waals surface area contributed by atoms with Gasteiger partial charge >= 0.3 is 0 Å². The van der Waals surface area contributed by atoms with Gasteiger partial charge in [0.2, 0.25) is 17.5 Å². The molecule has 2 aromatic rings. The van der Waals surface area contributed by atoms with Crippen molar-refractivity contribution >= 4 is 0 Å². The first-order valence-electron chi connectivity index (χ1n) is 6.42. The van der Waals surface area contributed by atoms with E-state index in [-0.39, 0.29) is 6.61 Å². The molecule has 0 bridgehead atoms. The molecule has 0 atom stereocenters. The maximum atomic E-state index is 8.84. The summed E-state index contributed by atoms with van der Waals surface area (Å²) in [5.41, 5.74) is 0.892. The third kappa shape index (κ3) is 3.43. The van der Waals surface area contributed by atoms with Crippen LogP contribution >= 0.6 is 0 Å². The lowest BCUT2D eigenvalue weighted by atomic mass is 10.1. The fourth-order valence-electron chi connectivity index (χ4n) is 1.97. The number of nitrogens with zero attached hydrogens (tertiary/aromatic N) is 2. The Bertz CT molecular complexity index is 572. The normalized spacial score (nSPS) is 10.5. The minimum atomic E-state index is -0.0220. The number of aliphatic hydroxyl groups is 1. The molecule has 0 amide bonds. The molecule has 7 nitrogen and oxygen atoms in total. The largest absolute Gasteiger partial charge is 0.493 e. The van der Waals surface area contributed by atoms with E-state index in [1.807, 2.05) is 12.1 Å². The van der Waals surface area contributed by atoms with Gasteiger partial charge in [0.05, 0.1) is 34.4 Å². The number of benzene rings is 1. The van der Waals surface area contributed by atoms with E-state index in [1.54, 1.807) is 21.3 Å². The number of methoxy groups -OCH3 is 3. The van der Waals surface area contributed by atoms with E-state index in [9.17, 15) is 0 Å². The quantitative estimate of drug-likeness (QED) is 0.821. The third-order valence-corrected chi connectivity index (χ3v) is 2.91. The summed E-state index contributed by atoms with van der Waals surface area (Å²) in [4.78, 5) is 0. The molecule has 0 saturated carbocycles. The van der Waals surface area contributed by atoms with Crippen molar-refractivity contribution in [1.29, 1.82) is 0 Å². The zero-order valence-corrected chi connectivity index (χ0v) is 12.3. The molecule has 1 heterocycles. The van der Waals surface area contributed by atoms with E-state index in [1.165, 1.54) is 0 Å². The summed E-state index contributed by atoms with van der Waals surface area (Å²) in [5.74, 6) is 2.56. The highest BCUT2D eigenvalue weighted by Crippen LogP contribution is 2.38. The molecule has 114 valence electrons. The maximum Gasteiger partial charge on any atom is 0.220 e. The summed E-state index contributed by atoms with van der Waals surface area (Å²) >= 11 is 0. The number of aromatic nitrogens is 2. The molecule has 2 rings (SSSR count). The minimum Gasteiger partial charge on any atom is -0.493 e. The van der Waals surface area contributed by atoms with Crippen LogP contribution in [0.1, 0.15) is 17.3 Å². The van der Waals surface area contributed by atoms with Crippen LogP contribution in [-0.4, -0.2) is 43.2 Å². The molecular weight excluding hydrogens is 276 g/mol. The fourth-order valence-corrected chi connectivity index (χ4v) is 1.97. The molecule has 0 radical (unpaired) electrons. The number of hydrogen-bond acceptors (Lipinski definition) is 7. The number of rotatable bonds is 7. The number of hydrogen-bond donors (Lipinski definition) is 1. The molecule has 0 unspecified atom stereocenters. The molecule has 7 heteroatoms. The van der Waals surface area contributed by atoms with Gasteiger partial charge in [-0.25, -0.2) is 0 Å². The van der Waals surface area contributed by atoms with E-state index in [0.717, 1.165) is 5.56 Å². The smallest absolute Gasteiger partial charge is 0.220 e. The summed E-state index contributed by atoms with van der Waals surface area (Å²) in [5, 5.41) is 16.6. The average molecular weight is 294 g/mol. The Morgan fingerprint density at radius 3 is 2.14 bits per heavy atom. The number of ether oxygens (including phenoxy) is 3. The van der Waals surface area contributed by atoms with Crippen LogP contribution in [0.5, 0.6) is 17.2 Å². The molecule has 0 aliphatic carbocycles. The average Bonchev–Trinajstić information content (AvgIpc) is 2.93. The van der Waals surface area contributed by atoms with Crippen LogP contribution < -0.4 is 14.2 Å². The Labute approximate surface area is 122 Å². The summed E-state index contributed by atoms with van der Waals surface area (Å²) in [6, 6.07) is 3.66. The van der Waals surface area contributed by atoms with E-state index in [2.05, 4.69) is 10.2 Å². The van der Waals surface area contributed by atoms with Gasteiger partial charge in [-0.2, -0.15) is 0 Å². The first-order valence-corrected chi connectivity index (χ1v) is 6.42. The monoisotopic (exact) mass is 294 g/mol. The standard InChI is InChI=1S/C14H18N2O5/c1-18-10-6-9(7-11(19-2)14(10)20-3)8-13-16-15-12(21-13)4-5-17/h6-7,17H,4-5,8H2,1-3H3. The second-order valence-electron chi connectivity index (χ2n) is 4.27. The Hall–Kier alpha value is -2.28. The highest BCUT2D eigenvalue weighted by Gasteiger charge is 2.15. The lowest BCUT2D eigenvalue weighted by Gasteiger charge is -2.13. The molecule has 1 aromatic carbocycles. The zero-order valence-electron chi connectivity index (χ0n) is 12.3. The SMILES string of the molecule is COc1cc(Cc2nnc(CCO)o2)cc(OC)c1OC. The van der Waals surface area contributed by atoms with Crippen molar-refractivity contribution in [3.8, 4) is 17.2 Å². The van der Waals surface area contributed by atoms with Crippen molar-refractivity contribution in [2.75, 3.05) is 27.9 Å². The van der Waals surface area contributed by atoms with Gasteiger partial charge in [-0.15, -0.1) is 10.2 Å². The van der Waals surface area contributed by atoms with Crippen molar-refractivity contribution < 1.29 is 23.7 Å². The van der Waals surface area contributed by atoms with Gasteiger partial charge in [-0.05, 0) is 17.7 Å². The maximum absolute atomic E-state index is 8.84. The van der Waals surface area contributed by atoms with E-state index in [0.29, 0.717) is 41.9 Å². The highest BCUT2D eigenvalue weighted by atomic mass is 16.5. The molecular formula is C14H18N2O5. The van der Waals surface area contributed by atoms with Gasteiger partial charge in [0.25, 0.3) is 0 Å². The van der Waals surface area contributed by atoms with Gasteiger partial charge in [0.15, 0.2) is 11.5 Å². The molecule has 1 N–H and O–H groups in total. The van der Waals surface area contributed by atoms with Crippen molar-refractivity contribution in [3.05, 3.63) is 29.5 Å². The Kier molecular flexibility index (Phi) is 4.99. The molecule has 1 aromatic heterocycles. The Morgan fingerprint density at radius 2 is 1.62 bits per heavy atom. The van der Waals surface area contributed by atoms with Crippen molar-refractivity contribution in [2.45, 2.75) is 12.8 Å². The Morgan fingerprint density at radius 1 is 1.00 bits per heavy atom. The van der Waals surface area contributed by atoms with Gasteiger partial charge in [0, 0.05) is 6.42 Å². The van der Waals surface area contributed by atoms with Crippen molar-refractivity contribution in [3.63, 3.8) is 0 Å². The molecule has 0 aliphatic heterocycles. The molecule has 21 heavy (non-hydrogen) atoms. The van der Waals surface area contributed by atoms with E-state index >= 15 is 0 Å². The van der Waals surface area contributed by atoms with Gasteiger partial charge < -0.3 is 23.7 Å². The third-order valence-electron chi connectivity index (χ3n) is 2.91.